The summed E-state index contributed by atoms with van der Waals surface area (Å²) < 4.78 is 0. The average Bonchev–Trinajstić information content (AvgIpc) is 1.69. The van der Waals surface area contributed by atoms with Gasteiger partial charge >= 0.3 is 5.97 Å². The number of aliphatic hydroxyl groups excluding tert-OH is 1. The first-order valence-electron chi connectivity index (χ1n) is 48.2. The van der Waals surface area contributed by atoms with Crippen molar-refractivity contribution in [1.82, 2.24) is 104 Å². The molecule has 3 aromatic rings. The fourth-order valence-corrected chi connectivity index (χ4v) is 20.0. The van der Waals surface area contributed by atoms with Gasteiger partial charge in [0.1, 0.15) is 103 Å². The number of benzene rings is 2. The minimum Gasteiger partial charge on any atom is -0.481 e. The van der Waals surface area contributed by atoms with Crippen LogP contribution in [0.5, 0.6) is 0 Å². The summed E-state index contributed by atoms with van der Waals surface area (Å²) in [6.07, 6.45) is 3.48. The molecule has 24 N–H and O–H groups in total. The molecule has 17 atom stereocenters. The number of guanidine groups is 1. The number of H-pyrrole nitrogens is 1. The molecule has 0 bridgehead atoms. The summed E-state index contributed by atoms with van der Waals surface area (Å²) in [7, 11) is 1.92. The number of unbranched alkanes of at least 4 members (excludes halogenated alkanes) is 2. The molecule has 141 heavy (non-hydrogen) atoms. The predicted octanol–water partition coefficient (Wildman–Crippen LogP) is -2.19. The number of nitrogens with zero attached hydrogens (tertiary/aromatic N) is 5. The van der Waals surface area contributed by atoms with Gasteiger partial charge in [-0.15, -0.1) is 0 Å². The number of aromatic nitrogens is 2. The Labute approximate surface area is 831 Å². The maximum Gasteiger partial charge on any atom is 0.303 e. The molecule has 8 rings (SSSR count). The Hall–Kier alpha value is -12.2. The number of likely N-dealkylation sites (tertiary alicyclic amines) is 3. The summed E-state index contributed by atoms with van der Waals surface area (Å²) in [6.45, 7) is 10.5. The van der Waals surface area contributed by atoms with Gasteiger partial charge in [-0.3, -0.25) is 96.5 Å². The normalized spacial score (nSPS) is 24.0. The second-order valence-electron chi connectivity index (χ2n) is 36.8. The number of rotatable bonds is 37. The second-order valence-corrected chi connectivity index (χ2v) is 39.9. The number of amides is 18. The molecule has 48 heteroatoms. The number of imidazole rings is 1. The van der Waals surface area contributed by atoms with Crippen LogP contribution in [0.3, 0.4) is 0 Å². The van der Waals surface area contributed by atoms with Crippen molar-refractivity contribution in [3.05, 3.63) is 89.0 Å². The van der Waals surface area contributed by atoms with Gasteiger partial charge in [0, 0.05) is 88.1 Å². The van der Waals surface area contributed by atoms with Gasteiger partial charge in [-0.1, -0.05) is 123 Å². The number of carbonyl (C=O) groups is 19. The molecule has 2 aromatic carbocycles. The zero-order valence-electron chi connectivity index (χ0n) is 80.8. The number of primary amides is 1. The number of nitrogens with two attached hydrogens (primary N) is 3. The van der Waals surface area contributed by atoms with Gasteiger partial charge in [-0.05, 0) is 158 Å². The van der Waals surface area contributed by atoms with Gasteiger partial charge < -0.3 is 126 Å². The number of aliphatic carboxylic acids is 1. The maximum absolute atomic E-state index is 15.7. The Kier molecular flexibility index (Phi) is 46.1. The van der Waals surface area contributed by atoms with E-state index in [2.05, 4.69) is 84.4 Å². The molecule has 6 heterocycles. The lowest BCUT2D eigenvalue weighted by molar-refractivity contribution is -0.148. The third-order valence-corrected chi connectivity index (χ3v) is 27.7. The molecule has 0 spiro atoms. The van der Waals surface area contributed by atoms with E-state index in [1.807, 2.05) is 6.92 Å². The molecule has 5 aliphatic rings. The largest absolute Gasteiger partial charge is 0.481 e. The quantitative estimate of drug-likeness (QED) is 0.0126. The fraction of sp³-hybridized carbons (Fsp3) is 0.624. The molecule has 5 fully saturated rings. The Morgan fingerprint density at radius 3 is 1.79 bits per heavy atom. The fourth-order valence-electron chi connectivity index (χ4n) is 17.5. The lowest BCUT2D eigenvalue weighted by atomic mass is 10.0. The summed E-state index contributed by atoms with van der Waals surface area (Å²) in [4.78, 5) is 289. The first-order valence-corrected chi connectivity index (χ1v) is 51.1. The SMILES string of the molecule is CCCC[C@@H]1NC(=O)[C@H](Cc2c[nH]cn2)NC(=O)[C@H](CCCNC(=N)N)NC(=O)[C@H](CC(C)C)NC(=O)C(NC(=O)[C@H](Cc2cccc(Cl)c2)NC(=O)[C@@H]2CCCN2C(=O)[C@@H](NC(C)=O)C(C)C)CCSSC[C@@H](C(=O)NC(CCCCN)C(=O)N2CCC[C@H]2C(=O)N2CCC[C@H]2C(=O)N[C@@H](CCC(=O)O)C(N)=O)NC(=O)[C@H](Cc2ccccc2)NC(=O)[C@H](CO)NC(=O)[C@H](C)NC(=O)[C@@H]2CCCN2C1=O. The van der Waals surface area contributed by atoms with Crippen molar-refractivity contribution in [2.24, 2.45) is 29.0 Å². The smallest absolute Gasteiger partial charge is 0.303 e. The molecular formula is C93H139ClN24O21S2. The van der Waals surface area contributed by atoms with E-state index in [-0.39, 0.29) is 165 Å². The van der Waals surface area contributed by atoms with E-state index in [0.717, 1.165) is 21.6 Å². The summed E-state index contributed by atoms with van der Waals surface area (Å²) in [5, 5.41) is 66.3. The highest BCUT2D eigenvalue weighted by Gasteiger charge is 2.48. The number of hydrogen-bond acceptors (Lipinski definition) is 25. The average molecular weight is 2030 g/mol. The third-order valence-electron chi connectivity index (χ3n) is 25.0. The van der Waals surface area contributed by atoms with E-state index >= 15 is 43.2 Å². The number of carboxylic acids is 1. The van der Waals surface area contributed by atoms with Crippen LogP contribution >= 0.6 is 33.2 Å². The molecule has 0 radical (unpaired) electrons. The van der Waals surface area contributed by atoms with Crippen LogP contribution < -0.4 is 91.6 Å². The summed E-state index contributed by atoms with van der Waals surface area (Å²) >= 11 is 6.55. The first-order chi connectivity index (χ1) is 67.2. The van der Waals surface area contributed by atoms with E-state index in [1.165, 1.54) is 46.0 Å². The van der Waals surface area contributed by atoms with E-state index in [9.17, 15) is 58.2 Å². The lowest BCUT2D eigenvalue weighted by Gasteiger charge is -2.33. The van der Waals surface area contributed by atoms with Crippen LogP contribution in [-0.2, 0) is 110 Å². The van der Waals surface area contributed by atoms with E-state index < -0.39 is 252 Å². The third kappa shape index (κ3) is 35.2. The molecule has 776 valence electrons. The molecule has 1 aromatic heterocycles. The second kappa shape index (κ2) is 57.0. The van der Waals surface area contributed by atoms with Crippen LogP contribution in [-0.4, -0.2) is 318 Å². The van der Waals surface area contributed by atoms with Crippen LogP contribution in [0.2, 0.25) is 5.02 Å². The van der Waals surface area contributed by atoms with Gasteiger partial charge in [0.2, 0.25) is 106 Å². The number of halogens is 1. The number of carbonyl (C=O) groups excluding carboxylic acids is 18. The summed E-state index contributed by atoms with van der Waals surface area (Å²) in [6, 6.07) is -10.0. The zero-order valence-corrected chi connectivity index (χ0v) is 83.2. The van der Waals surface area contributed by atoms with Crippen molar-refractivity contribution >= 4 is 151 Å². The van der Waals surface area contributed by atoms with Gasteiger partial charge in [0.05, 0.1) is 18.6 Å². The minimum atomic E-state index is -1.84. The van der Waals surface area contributed by atoms with E-state index in [1.54, 1.807) is 82.3 Å². The van der Waals surface area contributed by atoms with Gasteiger partial charge in [0.25, 0.3) is 0 Å². The van der Waals surface area contributed by atoms with Crippen LogP contribution in [0, 0.1) is 17.2 Å². The number of aromatic amines is 1. The van der Waals surface area contributed by atoms with Crippen molar-refractivity contribution in [2.45, 2.75) is 299 Å². The highest BCUT2D eigenvalue weighted by Crippen LogP contribution is 2.30. The topological polar surface area (TPSA) is 677 Å². The Morgan fingerprint density at radius 1 is 0.589 bits per heavy atom. The van der Waals surface area contributed by atoms with Gasteiger partial charge in [-0.25, -0.2) is 4.98 Å². The molecule has 5 saturated heterocycles. The van der Waals surface area contributed by atoms with Crippen molar-refractivity contribution in [1.29, 1.82) is 5.41 Å². The predicted molar refractivity (Wildman–Crippen MR) is 522 cm³/mol. The van der Waals surface area contributed by atoms with Gasteiger partial charge in [0.15, 0.2) is 5.96 Å². The molecule has 0 saturated carbocycles. The summed E-state index contributed by atoms with van der Waals surface area (Å²) in [5.41, 5.74) is 18.4. The standard InChI is InChI=1S/C93H139ClN24O21S2/c1-8-9-25-62-89(136)115-37-17-28-70(115)86(133)102-53(6)77(124)113-68(48-119)84(131)110-65(44-55-21-11-10-12-22-55)82(129)114-69(85(132)108-63(26-13-14-35-95)90(137)118-40-20-31-73(118)91(138)116-38-18-29-71(116)87(134)104-59(76(96)123)32-33-74(121)122)49-141-140-41-34-61(106-81(128)66(45-56-23-15-24-57(94)43-56)112-88(135)72-30-19-39-117(72)92(139)75(52(4)5)103-54(7)120)79(126)109-64(42-51(2)3)80(127)105-60(27-16-36-100-93(97)98)78(125)111-67(83(130)107-62)46-58-47-99-50-101-58/h10-12,15,21-24,43,47,50-53,59-73,75,119H,8-9,13-14,16-20,25-42,44-46,48-49,95H2,1-7H3,(H2,96,123)(H,99,101)(H,102,133)(H,103,120)(H,104,134)(H,105,127)(H,106,128)(H,107,130)(H,108,132)(H,109,126)(H,110,131)(H,111,125)(H,112,135)(H,113,124)(H,114,129)(H,121,122)(H4,97,98,100)/t53-,59-,60-,61?,62-,63?,64-,65-,66-,67-,68-,69-,70-,71-,72-,73-,75-/m0/s1. The molecular weight excluding hydrogens is 1890 g/mol. The Balaban J connectivity index is 1.22. The first kappa shape index (κ1) is 114. The van der Waals surface area contributed by atoms with Crippen LogP contribution in [0.4, 0.5) is 0 Å². The van der Waals surface area contributed by atoms with E-state index in [4.69, 9.17) is 34.2 Å². The number of carboxylic acid groups (broad SMARTS) is 1. The zero-order chi connectivity index (χ0) is 103. The summed E-state index contributed by atoms with van der Waals surface area (Å²) in [5.74, 6) is -18.5. The molecule has 2 unspecified atom stereocenters. The molecule has 18 amide bonds. The van der Waals surface area contributed by atoms with Crippen molar-refractivity contribution in [3.63, 3.8) is 0 Å². The van der Waals surface area contributed by atoms with E-state index in [0.29, 0.717) is 43.2 Å². The number of hydrogen-bond donors (Lipinski definition) is 21. The van der Waals surface area contributed by atoms with Crippen molar-refractivity contribution in [2.75, 3.05) is 57.4 Å². The van der Waals surface area contributed by atoms with Crippen molar-refractivity contribution in [3.8, 4) is 0 Å². The molecule has 0 aliphatic carbocycles. The molecule has 45 nitrogen and oxygen atoms in total. The lowest BCUT2D eigenvalue weighted by Crippen LogP contribution is -2.61. The monoisotopic (exact) mass is 2030 g/mol. The minimum absolute atomic E-state index is 0.00815. The maximum atomic E-state index is 15.7. The van der Waals surface area contributed by atoms with Crippen LogP contribution in [0.25, 0.3) is 0 Å². The number of nitrogens with one attached hydrogen (secondary N) is 16. The van der Waals surface area contributed by atoms with Crippen LogP contribution in [0.1, 0.15) is 194 Å². The highest BCUT2D eigenvalue weighted by atomic mass is 35.5. The Morgan fingerprint density at radius 2 is 1.17 bits per heavy atom. The van der Waals surface area contributed by atoms with Crippen LogP contribution in [0.15, 0.2) is 67.1 Å². The van der Waals surface area contributed by atoms with Crippen molar-refractivity contribution < 1.29 is 101 Å². The van der Waals surface area contributed by atoms with Gasteiger partial charge in [-0.2, -0.15) is 0 Å². The Bertz CT molecular complexity index is 4850. The number of fused-ring (bicyclic) bond motifs is 1. The highest BCUT2D eigenvalue weighted by molar-refractivity contribution is 8.76. The molecule has 5 aliphatic heterocycles. The number of aliphatic hydroxyl groups is 1.